The van der Waals surface area contributed by atoms with Crippen LogP contribution in [0.2, 0.25) is 0 Å². The first kappa shape index (κ1) is 23.8. The summed E-state index contributed by atoms with van der Waals surface area (Å²) in [6, 6.07) is 22.2. The average molecular weight is 496 g/mol. The highest BCUT2D eigenvalue weighted by molar-refractivity contribution is 5.94. The first-order valence-corrected chi connectivity index (χ1v) is 13.0. The van der Waals surface area contributed by atoms with Crippen molar-refractivity contribution < 1.29 is 15.3 Å². The minimum Gasteiger partial charge on any atom is -0.493 e. The molecule has 0 saturated heterocycles. The van der Waals surface area contributed by atoms with Crippen molar-refractivity contribution in [2.75, 3.05) is 11.4 Å². The molecule has 0 amide bonds. The van der Waals surface area contributed by atoms with E-state index in [1.54, 1.807) is 6.92 Å². The van der Waals surface area contributed by atoms with Crippen LogP contribution in [0, 0.1) is 12.8 Å². The van der Waals surface area contributed by atoms with Crippen molar-refractivity contribution in [2.45, 2.75) is 51.2 Å². The molecule has 1 saturated carbocycles. The van der Waals surface area contributed by atoms with Crippen LogP contribution in [0.4, 0.5) is 5.69 Å². The molecule has 37 heavy (non-hydrogen) atoms. The molecule has 0 spiro atoms. The van der Waals surface area contributed by atoms with Gasteiger partial charge in [0.25, 0.3) is 0 Å². The van der Waals surface area contributed by atoms with Gasteiger partial charge in [0.05, 0.1) is 23.6 Å². The maximum Gasteiger partial charge on any atom is 0.218 e. The lowest BCUT2D eigenvalue weighted by atomic mass is 9.64. The third kappa shape index (κ3) is 3.36. The number of aliphatic hydroxyl groups excluding tert-OH is 2. The Bertz CT molecular complexity index is 1510. The number of anilines is 1. The zero-order valence-corrected chi connectivity index (χ0v) is 21.6. The predicted octanol–water partition coefficient (Wildman–Crippen LogP) is 5.18. The van der Waals surface area contributed by atoms with Crippen molar-refractivity contribution in [1.29, 1.82) is 0 Å². The fraction of sp³-hybridized carbons (Fsp3) is 0.323. The Kier molecular flexibility index (Phi) is 5.44. The summed E-state index contributed by atoms with van der Waals surface area (Å²) in [5, 5.41) is 40.6. The van der Waals surface area contributed by atoms with Crippen LogP contribution in [0.15, 0.2) is 78.5 Å². The van der Waals surface area contributed by atoms with E-state index in [9.17, 15) is 15.3 Å². The summed E-state index contributed by atoms with van der Waals surface area (Å²) in [4.78, 5) is 2.30. The number of aliphatic hydroxyl groups is 2. The van der Waals surface area contributed by atoms with Gasteiger partial charge in [0, 0.05) is 40.7 Å². The molecule has 3 aromatic carbocycles. The van der Waals surface area contributed by atoms with E-state index in [2.05, 4.69) is 73.2 Å². The second kappa shape index (κ2) is 8.47. The number of likely N-dealkylation sites (N-methyl/N-ethyl adjacent to an activating group) is 1. The largest absolute Gasteiger partial charge is 0.493 e. The van der Waals surface area contributed by atoms with E-state index in [0.29, 0.717) is 11.3 Å². The van der Waals surface area contributed by atoms with Gasteiger partial charge in [-0.1, -0.05) is 68.5 Å². The first-order chi connectivity index (χ1) is 17.8. The molecule has 2 atom stereocenters. The van der Waals surface area contributed by atoms with Crippen LogP contribution < -0.4 is 4.90 Å². The van der Waals surface area contributed by atoms with Gasteiger partial charge in [-0.05, 0) is 48.4 Å². The lowest BCUT2D eigenvalue weighted by Crippen LogP contribution is -2.53. The number of fused-ring (bicyclic) bond motifs is 3. The van der Waals surface area contributed by atoms with Crippen LogP contribution in [0.25, 0.3) is 16.5 Å². The van der Waals surface area contributed by atoms with Crippen LogP contribution in [-0.2, 0) is 5.41 Å². The molecule has 0 radical (unpaired) electrons. The van der Waals surface area contributed by atoms with E-state index >= 15 is 0 Å². The maximum atomic E-state index is 11.3. The SMILES string of the molecule is CCN1C(=CC2C(O)C(c3c(C)nn(-c4ccccc4)c3O)C2O)C(C)(C)c2c1ccc1ccccc21. The van der Waals surface area contributed by atoms with Crippen molar-refractivity contribution >= 4 is 16.5 Å². The number of rotatable bonds is 4. The lowest BCUT2D eigenvalue weighted by molar-refractivity contribution is -0.0955. The van der Waals surface area contributed by atoms with Gasteiger partial charge in [0.2, 0.25) is 5.88 Å². The molecule has 6 rings (SSSR count). The molecule has 1 aromatic heterocycles. The molecule has 4 aromatic rings. The Morgan fingerprint density at radius 3 is 2.32 bits per heavy atom. The Morgan fingerprint density at radius 1 is 0.946 bits per heavy atom. The third-order valence-corrected chi connectivity index (χ3v) is 8.36. The molecule has 190 valence electrons. The summed E-state index contributed by atoms with van der Waals surface area (Å²) in [5.41, 5.74) is 5.08. The molecule has 2 unspecified atom stereocenters. The van der Waals surface area contributed by atoms with E-state index in [1.165, 1.54) is 26.7 Å². The highest BCUT2D eigenvalue weighted by Gasteiger charge is 2.53. The van der Waals surface area contributed by atoms with Crippen LogP contribution in [-0.4, -0.2) is 43.9 Å². The molecular formula is C31H33N3O3. The molecule has 6 nitrogen and oxygen atoms in total. The molecule has 1 aliphatic carbocycles. The zero-order chi connectivity index (χ0) is 26.1. The fourth-order valence-corrected chi connectivity index (χ4v) is 6.50. The molecule has 3 N–H and O–H groups in total. The average Bonchev–Trinajstić information content (AvgIpc) is 3.32. The number of aryl methyl sites for hydroxylation is 1. The summed E-state index contributed by atoms with van der Waals surface area (Å²) >= 11 is 0. The normalized spacial score (nSPS) is 25.5. The fourth-order valence-electron chi connectivity index (χ4n) is 6.50. The van der Waals surface area contributed by atoms with Crippen LogP contribution >= 0.6 is 0 Å². The van der Waals surface area contributed by atoms with Gasteiger partial charge in [-0.3, -0.25) is 0 Å². The van der Waals surface area contributed by atoms with Crippen molar-refractivity contribution in [3.05, 3.63) is 95.3 Å². The first-order valence-electron chi connectivity index (χ1n) is 13.0. The molecule has 0 bridgehead atoms. The Balaban J connectivity index is 1.37. The number of hydrogen-bond acceptors (Lipinski definition) is 5. The number of allylic oxidation sites excluding steroid dienone is 1. The zero-order valence-electron chi connectivity index (χ0n) is 21.6. The maximum absolute atomic E-state index is 11.3. The predicted molar refractivity (Wildman–Crippen MR) is 146 cm³/mol. The summed E-state index contributed by atoms with van der Waals surface area (Å²) in [6.07, 6.45) is 0.379. The van der Waals surface area contributed by atoms with Gasteiger partial charge in [-0.25, -0.2) is 4.68 Å². The van der Waals surface area contributed by atoms with Crippen molar-refractivity contribution in [3.8, 4) is 11.6 Å². The van der Waals surface area contributed by atoms with E-state index in [1.807, 2.05) is 30.3 Å². The summed E-state index contributed by atoms with van der Waals surface area (Å²) in [5.74, 6) is -1.09. The number of para-hydroxylation sites is 1. The smallest absolute Gasteiger partial charge is 0.218 e. The summed E-state index contributed by atoms with van der Waals surface area (Å²) < 4.78 is 1.47. The molecule has 1 fully saturated rings. The van der Waals surface area contributed by atoms with Gasteiger partial charge in [-0.2, -0.15) is 5.10 Å². The monoisotopic (exact) mass is 495 g/mol. The quantitative estimate of drug-likeness (QED) is 0.364. The van der Waals surface area contributed by atoms with E-state index in [4.69, 9.17) is 0 Å². The van der Waals surface area contributed by atoms with Crippen molar-refractivity contribution in [2.24, 2.45) is 5.92 Å². The topological polar surface area (TPSA) is 81.8 Å². The standard InChI is InChI=1S/C31H33N3O3/c1-5-33-23-16-15-19-11-9-10-14-21(19)27(23)31(3,4)24(33)17-22-28(35)26(29(22)36)25-18(2)32-34(30(25)37)20-12-7-6-8-13-20/h6-17,22,26,28-29,35-37H,5H2,1-4H3. The summed E-state index contributed by atoms with van der Waals surface area (Å²) in [7, 11) is 0. The molecular weight excluding hydrogens is 462 g/mol. The number of aromatic nitrogens is 2. The molecule has 6 heteroatoms. The minimum atomic E-state index is -0.838. The molecule has 2 heterocycles. The van der Waals surface area contributed by atoms with E-state index in [0.717, 1.165) is 17.9 Å². The van der Waals surface area contributed by atoms with E-state index < -0.39 is 24.0 Å². The molecule has 2 aliphatic rings. The Labute approximate surface area is 217 Å². The van der Waals surface area contributed by atoms with Crippen LogP contribution in [0.1, 0.15) is 43.5 Å². The van der Waals surface area contributed by atoms with Crippen LogP contribution in [0.5, 0.6) is 5.88 Å². The molecule has 1 aliphatic heterocycles. The highest BCUT2D eigenvalue weighted by Crippen LogP contribution is 2.53. The highest BCUT2D eigenvalue weighted by atomic mass is 16.3. The van der Waals surface area contributed by atoms with Gasteiger partial charge >= 0.3 is 0 Å². The summed E-state index contributed by atoms with van der Waals surface area (Å²) in [6.45, 7) is 9.15. The third-order valence-electron chi connectivity index (χ3n) is 8.36. The second-order valence-electron chi connectivity index (χ2n) is 10.8. The number of hydrogen-bond donors (Lipinski definition) is 3. The number of nitrogens with zero attached hydrogens (tertiary/aromatic N) is 3. The van der Waals surface area contributed by atoms with E-state index in [-0.39, 0.29) is 11.3 Å². The minimum absolute atomic E-state index is 0.0341. The van der Waals surface area contributed by atoms with Gasteiger partial charge in [-0.15, -0.1) is 0 Å². The number of aromatic hydroxyl groups is 1. The number of benzene rings is 3. The second-order valence-corrected chi connectivity index (χ2v) is 10.8. The van der Waals surface area contributed by atoms with Gasteiger partial charge in [0.15, 0.2) is 0 Å². The van der Waals surface area contributed by atoms with Crippen molar-refractivity contribution in [1.82, 2.24) is 9.78 Å². The van der Waals surface area contributed by atoms with Gasteiger partial charge in [0.1, 0.15) is 0 Å². The van der Waals surface area contributed by atoms with Crippen molar-refractivity contribution in [3.63, 3.8) is 0 Å². The Morgan fingerprint density at radius 2 is 1.62 bits per heavy atom. The van der Waals surface area contributed by atoms with Crippen LogP contribution in [0.3, 0.4) is 0 Å². The van der Waals surface area contributed by atoms with Gasteiger partial charge < -0.3 is 20.2 Å². The lowest BCUT2D eigenvalue weighted by Gasteiger charge is -2.46. The Hall–Kier alpha value is -3.61.